The average molecular weight is 277 g/mol. The number of Topliss-reactive ketones (excluding diaryl/α,β-unsaturated/α-hetero) is 1. The number of hydrogen-bond donors (Lipinski definition) is 2. The molecule has 1 aromatic rings. The molecule has 1 radical (unpaired) electrons. The second kappa shape index (κ2) is 5.77. The van der Waals surface area contributed by atoms with Crippen LogP contribution in [0.25, 0.3) is 0 Å². The zero-order valence-corrected chi connectivity index (χ0v) is 11.4. The number of thiophene rings is 1. The lowest BCUT2D eigenvalue weighted by atomic mass is 9.78. The third kappa shape index (κ3) is 2.68. The first-order valence-corrected chi connectivity index (χ1v) is 7.23. The number of nitrogens with two attached hydrogens (primary N) is 2. The fourth-order valence-electron chi connectivity index (χ4n) is 2.32. The summed E-state index contributed by atoms with van der Waals surface area (Å²) >= 11 is 1.45. The Kier molecular flexibility index (Phi) is 4.29. The average Bonchev–Trinajstić information content (AvgIpc) is 3.00. The van der Waals surface area contributed by atoms with Gasteiger partial charge in [-0.25, -0.2) is 0 Å². The molecule has 2 atom stereocenters. The molecule has 4 N–H and O–H groups in total. The summed E-state index contributed by atoms with van der Waals surface area (Å²) in [6.45, 7) is 0. The highest BCUT2D eigenvalue weighted by molar-refractivity contribution is 7.08. The highest BCUT2D eigenvalue weighted by Gasteiger charge is 2.42. The molecule has 1 aliphatic rings. The van der Waals surface area contributed by atoms with Crippen molar-refractivity contribution in [3.05, 3.63) is 34.0 Å². The van der Waals surface area contributed by atoms with Gasteiger partial charge in [-0.2, -0.15) is 11.3 Å². The van der Waals surface area contributed by atoms with Crippen molar-refractivity contribution in [1.82, 2.24) is 0 Å². The van der Waals surface area contributed by atoms with Gasteiger partial charge in [-0.15, -0.1) is 0 Å². The van der Waals surface area contributed by atoms with Gasteiger partial charge >= 0.3 is 0 Å². The first-order chi connectivity index (χ1) is 9.09. The van der Waals surface area contributed by atoms with E-state index in [1.54, 1.807) is 17.7 Å². The Labute approximate surface area is 116 Å². The molecule has 1 aliphatic carbocycles. The minimum absolute atomic E-state index is 0.478. The minimum atomic E-state index is -1.69. The van der Waals surface area contributed by atoms with Gasteiger partial charge in [-0.1, -0.05) is 6.08 Å². The highest BCUT2D eigenvalue weighted by Crippen LogP contribution is 2.29. The molecule has 0 saturated carbocycles. The van der Waals surface area contributed by atoms with E-state index in [0.29, 0.717) is 17.6 Å². The topological polar surface area (TPSA) is 86.2 Å². The Hall–Kier alpha value is -1.30. The molecule has 5 heteroatoms. The Morgan fingerprint density at radius 3 is 2.79 bits per heavy atom. The summed E-state index contributed by atoms with van der Waals surface area (Å²) in [7, 11) is 0. The summed E-state index contributed by atoms with van der Waals surface area (Å²) < 4.78 is 0. The minimum Gasteiger partial charge on any atom is -0.318 e. The normalized spacial score (nSPS) is 20.2. The molecule has 1 aromatic heterocycles. The van der Waals surface area contributed by atoms with Gasteiger partial charge in [0.2, 0.25) is 6.29 Å². The Bertz CT molecular complexity index is 496. The van der Waals surface area contributed by atoms with Crippen molar-refractivity contribution in [1.29, 1.82) is 0 Å². The van der Waals surface area contributed by atoms with Gasteiger partial charge in [-0.05, 0) is 53.6 Å². The van der Waals surface area contributed by atoms with Gasteiger partial charge in [0.05, 0.1) is 6.04 Å². The van der Waals surface area contributed by atoms with E-state index in [-0.39, 0.29) is 0 Å². The monoisotopic (exact) mass is 277 g/mol. The summed E-state index contributed by atoms with van der Waals surface area (Å²) in [4.78, 5) is 23.7. The molecule has 1 heterocycles. The molecule has 101 valence electrons. The van der Waals surface area contributed by atoms with Crippen LogP contribution in [0.5, 0.6) is 0 Å². The van der Waals surface area contributed by atoms with Crippen molar-refractivity contribution in [3.63, 3.8) is 0 Å². The number of ketones is 1. The predicted molar refractivity (Wildman–Crippen MR) is 75.4 cm³/mol. The van der Waals surface area contributed by atoms with E-state index in [4.69, 9.17) is 11.5 Å². The van der Waals surface area contributed by atoms with Gasteiger partial charge in [0.15, 0.2) is 11.3 Å². The van der Waals surface area contributed by atoms with Crippen molar-refractivity contribution in [2.75, 3.05) is 0 Å². The lowest BCUT2D eigenvalue weighted by Crippen LogP contribution is -2.55. The zero-order chi connectivity index (χ0) is 13.9. The van der Waals surface area contributed by atoms with E-state index in [0.717, 1.165) is 19.3 Å². The maximum atomic E-state index is 12.4. The summed E-state index contributed by atoms with van der Waals surface area (Å²) in [5.74, 6) is -0.478. The maximum Gasteiger partial charge on any atom is 0.232 e. The Morgan fingerprint density at radius 2 is 2.26 bits per heavy atom. The van der Waals surface area contributed by atoms with Crippen LogP contribution in [0.1, 0.15) is 37.3 Å². The number of carbonyl (C=O) groups excluding carboxylic acids is 2. The van der Waals surface area contributed by atoms with E-state index in [1.807, 2.05) is 11.5 Å². The molecule has 0 aromatic carbocycles. The molecule has 2 rings (SSSR count). The van der Waals surface area contributed by atoms with Gasteiger partial charge in [0.1, 0.15) is 0 Å². The third-order valence-electron chi connectivity index (χ3n) is 3.53. The molecule has 0 amide bonds. The summed E-state index contributed by atoms with van der Waals surface area (Å²) in [6, 6.07) is 0.897. The first kappa shape index (κ1) is 14.1. The Balaban J connectivity index is 2.27. The molecule has 0 fully saturated rings. The van der Waals surface area contributed by atoms with Crippen LogP contribution in [0.4, 0.5) is 0 Å². The second-order valence-corrected chi connectivity index (χ2v) is 5.56. The predicted octanol–water partition coefficient (Wildman–Crippen LogP) is 1.62. The van der Waals surface area contributed by atoms with Crippen molar-refractivity contribution >= 4 is 23.4 Å². The van der Waals surface area contributed by atoms with Crippen LogP contribution in [-0.2, 0) is 9.59 Å². The van der Waals surface area contributed by atoms with Crippen LogP contribution < -0.4 is 11.5 Å². The smallest absolute Gasteiger partial charge is 0.232 e. The van der Waals surface area contributed by atoms with Gasteiger partial charge < -0.3 is 11.5 Å². The molecule has 0 spiro atoms. The van der Waals surface area contributed by atoms with E-state index in [1.165, 1.54) is 11.3 Å². The van der Waals surface area contributed by atoms with Crippen LogP contribution in [0.3, 0.4) is 0 Å². The number of rotatable bonds is 5. The number of carbonyl (C=O) groups is 1. The van der Waals surface area contributed by atoms with Crippen LogP contribution >= 0.6 is 11.3 Å². The van der Waals surface area contributed by atoms with Gasteiger partial charge in [0.25, 0.3) is 0 Å². The summed E-state index contributed by atoms with van der Waals surface area (Å²) in [6.07, 6.45) is 7.11. The highest BCUT2D eigenvalue weighted by atomic mass is 32.1. The largest absolute Gasteiger partial charge is 0.318 e. The van der Waals surface area contributed by atoms with E-state index >= 15 is 0 Å². The quantitative estimate of drug-likeness (QED) is 0.632. The summed E-state index contributed by atoms with van der Waals surface area (Å²) in [5.41, 5.74) is 11.6. The summed E-state index contributed by atoms with van der Waals surface area (Å²) in [5, 5.41) is 3.63. The fraction of sp³-hybridized carbons (Fsp3) is 0.429. The first-order valence-electron chi connectivity index (χ1n) is 6.29. The lowest BCUT2D eigenvalue weighted by Gasteiger charge is -2.28. The van der Waals surface area contributed by atoms with Crippen LogP contribution in [0.2, 0.25) is 0 Å². The lowest BCUT2D eigenvalue weighted by molar-refractivity contribution is -0.122. The van der Waals surface area contributed by atoms with E-state index in [2.05, 4.69) is 0 Å². The maximum absolute atomic E-state index is 12.4. The molecule has 0 saturated heterocycles. The number of allylic oxidation sites excluding steroid dienone is 1. The van der Waals surface area contributed by atoms with Crippen LogP contribution in [0, 0.1) is 0 Å². The van der Waals surface area contributed by atoms with Crippen molar-refractivity contribution in [2.24, 2.45) is 11.5 Å². The van der Waals surface area contributed by atoms with Crippen molar-refractivity contribution in [3.8, 4) is 0 Å². The molecular formula is C14H17N2O2S. The molecule has 0 bridgehead atoms. The molecule has 19 heavy (non-hydrogen) atoms. The molecule has 4 nitrogen and oxygen atoms in total. The number of hydrogen-bond acceptors (Lipinski definition) is 5. The van der Waals surface area contributed by atoms with Gasteiger partial charge in [-0.3, -0.25) is 9.59 Å². The molecule has 0 aliphatic heterocycles. The third-order valence-corrected chi connectivity index (χ3v) is 4.23. The van der Waals surface area contributed by atoms with Gasteiger partial charge in [0, 0.05) is 0 Å². The second-order valence-electron chi connectivity index (χ2n) is 4.78. The van der Waals surface area contributed by atoms with Crippen LogP contribution in [0.15, 0.2) is 28.5 Å². The van der Waals surface area contributed by atoms with Crippen molar-refractivity contribution in [2.45, 2.75) is 37.3 Å². The molecular weight excluding hydrogens is 260 g/mol. The SMILES string of the molecule is NC(C(=O)C(N)([C]=O)C1=CCCCC1)c1ccsc1. The van der Waals surface area contributed by atoms with Crippen molar-refractivity contribution < 1.29 is 9.59 Å². The van der Waals surface area contributed by atoms with E-state index in [9.17, 15) is 9.59 Å². The zero-order valence-electron chi connectivity index (χ0n) is 10.6. The van der Waals surface area contributed by atoms with E-state index < -0.39 is 17.4 Å². The van der Waals surface area contributed by atoms with Crippen LogP contribution in [-0.4, -0.2) is 17.6 Å². The standard InChI is InChI=1S/C14H17N2O2S/c15-12(10-6-7-19-8-10)13(18)14(16,9-17)11-4-2-1-3-5-11/h4,6-8,12H,1-3,5,15-16H2. The molecule has 2 unspecified atom stereocenters. The Morgan fingerprint density at radius 1 is 1.47 bits per heavy atom. The fourth-order valence-corrected chi connectivity index (χ4v) is 3.02.